The molecule has 19 heavy (non-hydrogen) atoms. The summed E-state index contributed by atoms with van der Waals surface area (Å²) in [4.78, 5) is 22.3. The Hall–Kier alpha value is -2.49. The molecule has 0 aliphatic heterocycles. The van der Waals surface area contributed by atoms with Gasteiger partial charge in [0.05, 0.1) is 0 Å². The van der Waals surface area contributed by atoms with Gasteiger partial charge in [0.25, 0.3) is 5.91 Å². The van der Waals surface area contributed by atoms with Crippen LogP contribution in [0, 0.1) is 29.8 Å². The van der Waals surface area contributed by atoms with Gasteiger partial charge in [0, 0.05) is 18.6 Å². The number of hydrogen-bond donors (Lipinski definition) is 2. The van der Waals surface area contributed by atoms with Crippen molar-refractivity contribution in [1.29, 1.82) is 0 Å². The van der Waals surface area contributed by atoms with Crippen LogP contribution in [0.15, 0.2) is 12.1 Å². The number of benzene rings is 1. The number of terminal acetylenes is 1. The third kappa shape index (κ3) is 3.48. The van der Waals surface area contributed by atoms with Crippen molar-refractivity contribution < 1.29 is 27.9 Å². The molecule has 1 rings (SSSR count). The maximum atomic E-state index is 13.3. The SMILES string of the molecule is C#CCC(NC(=O)c1c(F)cc(F)cc1F)C(=O)O. The molecule has 1 amide bonds. The number of carboxylic acid groups (broad SMARTS) is 1. The van der Waals surface area contributed by atoms with Crippen LogP contribution in [0.1, 0.15) is 16.8 Å². The topological polar surface area (TPSA) is 66.4 Å². The van der Waals surface area contributed by atoms with Gasteiger partial charge in [-0.05, 0) is 0 Å². The Morgan fingerprint density at radius 1 is 1.32 bits per heavy atom. The van der Waals surface area contributed by atoms with Gasteiger partial charge < -0.3 is 10.4 Å². The number of hydrogen-bond acceptors (Lipinski definition) is 2. The van der Waals surface area contributed by atoms with Gasteiger partial charge in [0.15, 0.2) is 0 Å². The zero-order valence-electron chi connectivity index (χ0n) is 9.41. The van der Waals surface area contributed by atoms with Crippen molar-refractivity contribution in [2.24, 2.45) is 0 Å². The van der Waals surface area contributed by atoms with Crippen molar-refractivity contribution in [2.45, 2.75) is 12.5 Å². The van der Waals surface area contributed by atoms with Crippen LogP contribution in [-0.2, 0) is 4.79 Å². The van der Waals surface area contributed by atoms with E-state index in [4.69, 9.17) is 11.5 Å². The third-order valence-corrected chi connectivity index (χ3v) is 2.16. The van der Waals surface area contributed by atoms with Crippen molar-refractivity contribution in [3.63, 3.8) is 0 Å². The molecule has 0 radical (unpaired) electrons. The summed E-state index contributed by atoms with van der Waals surface area (Å²) in [7, 11) is 0. The molecule has 1 atom stereocenters. The number of nitrogens with one attached hydrogen (secondary N) is 1. The average molecular weight is 271 g/mol. The fraction of sp³-hybridized carbons (Fsp3) is 0.167. The summed E-state index contributed by atoms with van der Waals surface area (Å²) in [6, 6.07) is -0.856. The summed E-state index contributed by atoms with van der Waals surface area (Å²) in [6.45, 7) is 0. The van der Waals surface area contributed by atoms with Gasteiger partial charge in [-0.15, -0.1) is 12.3 Å². The molecule has 1 unspecified atom stereocenters. The summed E-state index contributed by atoms with van der Waals surface area (Å²) >= 11 is 0. The Morgan fingerprint density at radius 2 is 1.84 bits per heavy atom. The van der Waals surface area contributed by atoms with E-state index in [0.29, 0.717) is 12.1 Å². The maximum Gasteiger partial charge on any atom is 0.327 e. The summed E-state index contributed by atoms with van der Waals surface area (Å²) in [5.74, 6) is -4.82. The largest absolute Gasteiger partial charge is 0.480 e. The minimum atomic E-state index is -1.48. The predicted molar refractivity (Wildman–Crippen MR) is 58.7 cm³/mol. The molecule has 100 valence electrons. The second-order valence-corrected chi connectivity index (χ2v) is 3.52. The molecular weight excluding hydrogens is 263 g/mol. The van der Waals surface area contributed by atoms with Gasteiger partial charge in [-0.1, -0.05) is 0 Å². The molecular formula is C12H8F3NO3. The number of carboxylic acids is 1. The first-order valence-electron chi connectivity index (χ1n) is 4.98. The number of halogens is 3. The van der Waals surface area contributed by atoms with E-state index in [1.54, 1.807) is 0 Å². The Bertz CT molecular complexity index is 543. The van der Waals surface area contributed by atoms with Gasteiger partial charge in [0.2, 0.25) is 0 Å². The highest BCUT2D eigenvalue weighted by Crippen LogP contribution is 2.15. The van der Waals surface area contributed by atoms with E-state index in [1.807, 2.05) is 11.2 Å². The lowest BCUT2D eigenvalue weighted by Crippen LogP contribution is -2.41. The summed E-state index contributed by atoms with van der Waals surface area (Å²) in [5, 5.41) is 10.6. The minimum absolute atomic E-state index is 0.314. The number of carbonyl (C=O) groups is 2. The molecule has 0 heterocycles. The van der Waals surface area contributed by atoms with Crippen LogP contribution in [0.25, 0.3) is 0 Å². The van der Waals surface area contributed by atoms with Gasteiger partial charge in [-0.3, -0.25) is 4.79 Å². The predicted octanol–water partition coefficient (Wildman–Crippen LogP) is 1.31. The van der Waals surface area contributed by atoms with E-state index in [-0.39, 0.29) is 6.42 Å². The number of aliphatic carboxylic acids is 1. The molecule has 7 heteroatoms. The van der Waals surface area contributed by atoms with E-state index in [0.717, 1.165) is 0 Å². The summed E-state index contributed by atoms with van der Waals surface area (Å²) in [6.07, 6.45) is 4.54. The molecule has 1 aromatic rings. The number of rotatable bonds is 4. The maximum absolute atomic E-state index is 13.3. The van der Waals surface area contributed by atoms with Crippen LogP contribution in [0.5, 0.6) is 0 Å². The second-order valence-electron chi connectivity index (χ2n) is 3.52. The quantitative estimate of drug-likeness (QED) is 0.811. The van der Waals surface area contributed by atoms with E-state index >= 15 is 0 Å². The second kappa shape index (κ2) is 5.91. The van der Waals surface area contributed by atoms with Crippen LogP contribution >= 0.6 is 0 Å². The van der Waals surface area contributed by atoms with E-state index in [9.17, 15) is 22.8 Å². The number of carbonyl (C=O) groups excluding carboxylic acids is 1. The normalized spacial score (nSPS) is 11.5. The minimum Gasteiger partial charge on any atom is -0.480 e. The number of amides is 1. The molecule has 0 fully saturated rings. The highest BCUT2D eigenvalue weighted by Gasteiger charge is 2.24. The van der Waals surface area contributed by atoms with Crippen molar-refractivity contribution in [1.82, 2.24) is 5.32 Å². The Morgan fingerprint density at radius 3 is 2.26 bits per heavy atom. The molecule has 1 aromatic carbocycles. The van der Waals surface area contributed by atoms with Crippen molar-refractivity contribution in [3.05, 3.63) is 35.1 Å². The zero-order chi connectivity index (χ0) is 14.6. The Labute approximate surface area is 106 Å². The van der Waals surface area contributed by atoms with Crippen molar-refractivity contribution in [2.75, 3.05) is 0 Å². The van der Waals surface area contributed by atoms with Gasteiger partial charge in [-0.25, -0.2) is 18.0 Å². The summed E-state index contributed by atoms with van der Waals surface area (Å²) < 4.78 is 39.2. The van der Waals surface area contributed by atoms with Crippen LogP contribution in [-0.4, -0.2) is 23.0 Å². The molecule has 0 aromatic heterocycles. The molecule has 0 spiro atoms. The smallest absolute Gasteiger partial charge is 0.327 e. The lowest BCUT2D eigenvalue weighted by molar-refractivity contribution is -0.139. The van der Waals surface area contributed by atoms with Crippen LogP contribution in [0.2, 0.25) is 0 Å². The molecule has 0 saturated carbocycles. The lowest BCUT2D eigenvalue weighted by Gasteiger charge is -2.12. The fourth-order valence-electron chi connectivity index (χ4n) is 1.31. The average Bonchev–Trinajstić information content (AvgIpc) is 2.26. The molecule has 0 aliphatic rings. The first kappa shape index (κ1) is 14.6. The van der Waals surface area contributed by atoms with Gasteiger partial charge in [0.1, 0.15) is 29.1 Å². The zero-order valence-corrected chi connectivity index (χ0v) is 9.41. The summed E-state index contributed by atoms with van der Waals surface area (Å²) in [5.41, 5.74) is -1.07. The van der Waals surface area contributed by atoms with E-state index < -0.39 is 40.9 Å². The lowest BCUT2D eigenvalue weighted by atomic mass is 10.1. The molecule has 4 nitrogen and oxygen atoms in total. The Balaban J connectivity index is 3.02. The van der Waals surface area contributed by atoms with E-state index in [1.165, 1.54) is 0 Å². The van der Waals surface area contributed by atoms with Crippen molar-refractivity contribution >= 4 is 11.9 Å². The fourth-order valence-corrected chi connectivity index (χ4v) is 1.31. The molecule has 0 bridgehead atoms. The molecule has 2 N–H and O–H groups in total. The third-order valence-electron chi connectivity index (χ3n) is 2.16. The molecule has 0 aliphatic carbocycles. The van der Waals surface area contributed by atoms with Gasteiger partial charge >= 0.3 is 5.97 Å². The Kier molecular flexibility index (Phi) is 4.53. The highest BCUT2D eigenvalue weighted by atomic mass is 19.1. The van der Waals surface area contributed by atoms with Crippen LogP contribution in [0.4, 0.5) is 13.2 Å². The van der Waals surface area contributed by atoms with E-state index in [2.05, 4.69) is 0 Å². The highest BCUT2D eigenvalue weighted by molar-refractivity contribution is 5.97. The van der Waals surface area contributed by atoms with Crippen LogP contribution in [0.3, 0.4) is 0 Å². The van der Waals surface area contributed by atoms with Crippen LogP contribution < -0.4 is 5.32 Å². The van der Waals surface area contributed by atoms with Crippen molar-refractivity contribution in [3.8, 4) is 12.3 Å². The van der Waals surface area contributed by atoms with Gasteiger partial charge in [-0.2, -0.15) is 0 Å². The molecule has 0 saturated heterocycles. The first-order valence-corrected chi connectivity index (χ1v) is 4.98. The standard InChI is InChI=1S/C12H8F3NO3/c1-2-3-9(12(18)19)16-11(17)10-7(14)4-6(13)5-8(10)15/h1,4-5,9H,3H2,(H,16,17)(H,18,19). The first-order chi connectivity index (χ1) is 8.86. The monoisotopic (exact) mass is 271 g/mol.